The maximum absolute atomic E-state index is 13.7. The number of nitrogens with zero attached hydrogens (tertiary/aromatic N) is 1. The van der Waals surface area contributed by atoms with E-state index in [1.165, 1.54) is 4.90 Å². The second-order valence-electron chi connectivity index (χ2n) is 11.0. The van der Waals surface area contributed by atoms with Gasteiger partial charge in [-0.25, -0.2) is 0 Å². The summed E-state index contributed by atoms with van der Waals surface area (Å²) < 4.78 is 0. The number of rotatable bonds is 13. The Bertz CT molecular complexity index is 921. The van der Waals surface area contributed by atoms with E-state index >= 15 is 0 Å². The lowest BCUT2D eigenvalue weighted by molar-refractivity contribution is -0.146. The highest BCUT2D eigenvalue weighted by molar-refractivity contribution is 6.38. The molecule has 0 spiro atoms. The van der Waals surface area contributed by atoms with Crippen LogP contribution in [0.3, 0.4) is 0 Å². The first-order valence-electron chi connectivity index (χ1n) is 13.4. The minimum Gasteiger partial charge on any atom is -0.480 e. The molecule has 0 aromatic carbocycles. The van der Waals surface area contributed by atoms with Gasteiger partial charge in [-0.3, -0.25) is 28.8 Å². The van der Waals surface area contributed by atoms with Crippen molar-refractivity contribution in [2.24, 2.45) is 23.7 Å². The topological polar surface area (TPSA) is 182 Å². The van der Waals surface area contributed by atoms with Gasteiger partial charge in [-0.15, -0.1) is 0 Å². The molecule has 0 bridgehead atoms. The lowest BCUT2D eigenvalue weighted by Crippen LogP contribution is -2.59. The molecule has 1 aliphatic carbocycles. The summed E-state index contributed by atoms with van der Waals surface area (Å²) in [4.78, 5) is 77.0. The number of ketones is 1. The summed E-state index contributed by atoms with van der Waals surface area (Å²) in [5.41, 5.74) is 0. The molecular weight excluding hydrogens is 496 g/mol. The van der Waals surface area contributed by atoms with E-state index in [0.29, 0.717) is 13.0 Å². The fourth-order valence-corrected chi connectivity index (χ4v) is 5.32. The van der Waals surface area contributed by atoms with E-state index in [9.17, 15) is 33.9 Å². The molecule has 2 unspecified atom stereocenters. The molecule has 1 saturated heterocycles. The predicted octanol–water partition coefficient (Wildman–Crippen LogP) is -0.174. The molecule has 0 aromatic heterocycles. The number of hydrogen-bond donors (Lipinski definition) is 5. The molecule has 1 aliphatic heterocycles. The summed E-state index contributed by atoms with van der Waals surface area (Å²) in [6.45, 7) is 8.30. The van der Waals surface area contributed by atoms with E-state index < -0.39 is 66.2 Å². The van der Waals surface area contributed by atoms with Crippen molar-refractivity contribution in [2.75, 3.05) is 13.1 Å². The van der Waals surface area contributed by atoms with Gasteiger partial charge < -0.3 is 31.1 Å². The van der Waals surface area contributed by atoms with Crippen LogP contribution in [0.1, 0.15) is 66.7 Å². The number of hydrogen-bond acceptors (Lipinski definition) is 7. The van der Waals surface area contributed by atoms with Crippen LogP contribution in [0.4, 0.5) is 0 Å². The molecule has 1 heterocycles. The second-order valence-corrected chi connectivity index (χ2v) is 11.0. The number of carboxylic acid groups (broad SMARTS) is 1. The van der Waals surface area contributed by atoms with E-state index in [2.05, 4.69) is 10.6 Å². The van der Waals surface area contributed by atoms with Crippen LogP contribution >= 0.6 is 0 Å². The van der Waals surface area contributed by atoms with Crippen molar-refractivity contribution in [1.29, 1.82) is 0 Å². The standard InChI is InChI=1S/C26H42N4O8/c1-6-8-17(22(34)24(36)27-11-18(31)32)28-23(35)20-16-10-7-9-15(16)12-30(20)26(38)19(13(2)3)29-25(37)21(33)14(4)5/h13-17,19-21,33H,6-12H2,1-5H3,(H,27,36)(H,28,35)(H,29,37)(H,31,32)/t15-,16-,17?,19-,20?,21-/m0/s1. The Morgan fingerprint density at radius 3 is 2.18 bits per heavy atom. The van der Waals surface area contributed by atoms with Crippen molar-refractivity contribution in [3.63, 3.8) is 0 Å². The monoisotopic (exact) mass is 538 g/mol. The third-order valence-corrected chi connectivity index (χ3v) is 7.41. The fourth-order valence-electron chi connectivity index (χ4n) is 5.32. The van der Waals surface area contributed by atoms with Crippen LogP contribution in [-0.4, -0.2) is 87.8 Å². The largest absolute Gasteiger partial charge is 0.480 e. The number of likely N-dealkylation sites (tertiary alicyclic amines) is 1. The Balaban J connectivity index is 2.26. The summed E-state index contributed by atoms with van der Waals surface area (Å²) >= 11 is 0. The van der Waals surface area contributed by atoms with Crippen molar-refractivity contribution >= 4 is 35.4 Å². The molecule has 214 valence electrons. The van der Waals surface area contributed by atoms with E-state index in [1.54, 1.807) is 34.6 Å². The van der Waals surface area contributed by atoms with E-state index in [1.807, 2.05) is 5.32 Å². The Morgan fingerprint density at radius 1 is 0.974 bits per heavy atom. The molecule has 38 heavy (non-hydrogen) atoms. The highest BCUT2D eigenvalue weighted by Crippen LogP contribution is 2.42. The molecule has 4 amide bonds. The Labute approximate surface area is 223 Å². The van der Waals surface area contributed by atoms with Crippen molar-refractivity contribution in [2.45, 2.75) is 91.0 Å². The molecule has 12 nitrogen and oxygen atoms in total. The maximum Gasteiger partial charge on any atom is 0.322 e. The summed E-state index contributed by atoms with van der Waals surface area (Å²) in [7, 11) is 0. The zero-order valence-corrected chi connectivity index (χ0v) is 22.9. The van der Waals surface area contributed by atoms with Gasteiger partial charge in [-0.2, -0.15) is 0 Å². The molecule has 6 atom stereocenters. The summed E-state index contributed by atoms with van der Waals surface area (Å²) in [6, 6.07) is -3.00. The molecule has 2 aliphatic rings. The van der Waals surface area contributed by atoms with Crippen LogP contribution in [0.5, 0.6) is 0 Å². The van der Waals surface area contributed by atoms with Gasteiger partial charge in [-0.1, -0.05) is 47.5 Å². The summed E-state index contributed by atoms with van der Waals surface area (Å²) in [5, 5.41) is 26.3. The second kappa shape index (κ2) is 13.7. The van der Waals surface area contributed by atoms with Crippen molar-refractivity contribution in [3.05, 3.63) is 0 Å². The number of carbonyl (C=O) groups is 6. The molecule has 0 radical (unpaired) electrons. The number of fused-ring (bicyclic) bond motifs is 1. The van der Waals surface area contributed by atoms with Crippen LogP contribution in [0, 0.1) is 23.7 Å². The van der Waals surface area contributed by atoms with Crippen LogP contribution in [-0.2, 0) is 28.8 Å². The van der Waals surface area contributed by atoms with Gasteiger partial charge in [0.25, 0.3) is 5.91 Å². The first-order chi connectivity index (χ1) is 17.8. The van der Waals surface area contributed by atoms with Gasteiger partial charge in [0, 0.05) is 6.54 Å². The van der Waals surface area contributed by atoms with Crippen molar-refractivity contribution in [3.8, 4) is 0 Å². The van der Waals surface area contributed by atoms with Gasteiger partial charge in [0.1, 0.15) is 24.7 Å². The third-order valence-electron chi connectivity index (χ3n) is 7.41. The Hall–Kier alpha value is -3.02. The first kappa shape index (κ1) is 31.2. The predicted molar refractivity (Wildman–Crippen MR) is 136 cm³/mol. The lowest BCUT2D eigenvalue weighted by Gasteiger charge is -2.33. The first-order valence-corrected chi connectivity index (χ1v) is 13.4. The lowest BCUT2D eigenvalue weighted by atomic mass is 9.92. The SMILES string of the molecule is CCCC(NC(=O)C1[C@H]2CCC[C@H]2CN1C(=O)[C@@H](NC(=O)[C@@H](O)C(C)C)C(C)C)C(=O)C(=O)NCC(=O)O. The van der Waals surface area contributed by atoms with Crippen molar-refractivity contribution in [1.82, 2.24) is 20.9 Å². The van der Waals surface area contributed by atoms with Gasteiger partial charge >= 0.3 is 5.97 Å². The van der Waals surface area contributed by atoms with Crippen LogP contribution < -0.4 is 16.0 Å². The number of Topliss-reactive ketones (excluding diaryl/α,β-unsaturated/α-hetero) is 1. The number of aliphatic carboxylic acids is 1. The summed E-state index contributed by atoms with van der Waals surface area (Å²) in [6.07, 6.45) is 1.83. The van der Waals surface area contributed by atoms with E-state index in [4.69, 9.17) is 5.11 Å². The minimum absolute atomic E-state index is 0.0960. The molecule has 0 aromatic rings. The number of nitrogens with one attached hydrogen (secondary N) is 3. The van der Waals surface area contributed by atoms with Crippen LogP contribution in [0.25, 0.3) is 0 Å². The highest BCUT2D eigenvalue weighted by Gasteiger charge is 2.51. The smallest absolute Gasteiger partial charge is 0.322 e. The zero-order chi connectivity index (χ0) is 28.7. The molecule has 5 N–H and O–H groups in total. The van der Waals surface area contributed by atoms with Crippen molar-refractivity contribution < 1.29 is 39.0 Å². The molecule has 12 heteroatoms. The van der Waals surface area contributed by atoms with Gasteiger partial charge in [0.05, 0.1) is 6.04 Å². The van der Waals surface area contributed by atoms with Crippen LogP contribution in [0.2, 0.25) is 0 Å². The van der Waals surface area contributed by atoms with E-state index in [0.717, 1.165) is 19.3 Å². The summed E-state index contributed by atoms with van der Waals surface area (Å²) in [5.74, 6) is -5.69. The molecule has 1 saturated carbocycles. The average Bonchev–Trinajstić information content (AvgIpc) is 3.45. The number of aliphatic hydroxyl groups is 1. The minimum atomic E-state index is -1.30. The average molecular weight is 539 g/mol. The van der Waals surface area contributed by atoms with Gasteiger partial charge in [0.15, 0.2) is 0 Å². The molecule has 2 rings (SSSR count). The van der Waals surface area contributed by atoms with Gasteiger partial charge in [0.2, 0.25) is 23.5 Å². The molecule has 2 fully saturated rings. The number of aliphatic hydroxyl groups excluding tert-OH is 1. The normalized spacial score (nSPS) is 22.9. The van der Waals surface area contributed by atoms with Gasteiger partial charge in [-0.05, 0) is 42.9 Å². The van der Waals surface area contributed by atoms with E-state index in [-0.39, 0.29) is 30.1 Å². The maximum atomic E-state index is 13.7. The Morgan fingerprint density at radius 2 is 1.63 bits per heavy atom. The highest BCUT2D eigenvalue weighted by atomic mass is 16.4. The number of amides is 4. The zero-order valence-electron chi connectivity index (χ0n) is 22.9. The third kappa shape index (κ3) is 7.52. The van der Waals surface area contributed by atoms with Crippen LogP contribution in [0.15, 0.2) is 0 Å². The Kier molecular flexibility index (Phi) is 11.2. The quantitative estimate of drug-likeness (QED) is 0.200. The fraction of sp³-hybridized carbons (Fsp3) is 0.769. The molecular formula is C26H42N4O8. The number of carboxylic acids is 1. The number of carbonyl (C=O) groups excluding carboxylic acids is 5.